The molecule has 0 saturated heterocycles. The molecule has 0 aromatic heterocycles. The average molecular weight is 185 g/mol. The minimum absolute atomic E-state index is 0.0534. The molecule has 0 aromatic carbocycles. The zero-order valence-corrected chi connectivity index (χ0v) is 8.89. The highest BCUT2D eigenvalue weighted by Crippen LogP contribution is 2.05. The Morgan fingerprint density at radius 3 is 2.46 bits per heavy atom. The summed E-state index contributed by atoms with van der Waals surface area (Å²) in [5.41, 5.74) is -0.0534. The van der Waals surface area contributed by atoms with Gasteiger partial charge in [-0.3, -0.25) is 5.32 Å². The van der Waals surface area contributed by atoms with Gasteiger partial charge >= 0.3 is 5.97 Å². The molecular weight excluding hydrogens is 166 g/mol. The first-order valence-corrected chi connectivity index (χ1v) is 4.49. The lowest BCUT2D eigenvalue weighted by atomic mass is 10.1. The van der Waals surface area contributed by atoms with Crippen LogP contribution >= 0.6 is 0 Å². The molecule has 1 unspecified atom stereocenters. The van der Waals surface area contributed by atoms with Crippen molar-refractivity contribution in [1.82, 2.24) is 5.32 Å². The summed E-state index contributed by atoms with van der Waals surface area (Å²) in [4.78, 5) is 10.9. The molecule has 0 fully saturated rings. The van der Waals surface area contributed by atoms with Gasteiger partial charge in [-0.2, -0.15) is 0 Å². The molecule has 0 heterocycles. The van der Waals surface area contributed by atoms with Crippen molar-refractivity contribution in [3.05, 3.63) is 12.7 Å². The summed E-state index contributed by atoms with van der Waals surface area (Å²) >= 11 is 0. The molecule has 3 nitrogen and oxygen atoms in total. The Morgan fingerprint density at radius 1 is 1.62 bits per heavy atom. The topological polar surface area (TPSA) is 38.3 Å². The van der Waals surface area contributed by atoms with Crippen LogP contribution in [0.15, 0.2) is 12.7 Å². The van der Waals surface area contributed by atoms with Crippen LogP contribution in [0.25, 0.3) is 0 Å². The maximum Gasteiger partial charge on any atom is 0.331 e. The molecule has 0 rings (SSSR count). The molecule has 0 aromatic rings. The Hall–Kier alpha value is -0.830. The summed E-state index contributed by atoms with van der Waals surface area (Å²) < 4.78 is 5.06. The molecular formula is C10H19NO2. The number of carbonyl (C=O) groups is 1. The van der Waals surface area contributed by atoms with Crippen molar-refractivity contribution in [3.8, 4) is 0 Å². The van der Waals surface area contributed by atoms with Crippen LogP contribution < -0.4 is 5.32 Å². The number of rotatable bonds is 4. The number of hydrogen-bond acceptors (Lipinski definition) is 3. The SMILES string of the molecule is C=CC(=O)OC(CC)NC(C)(C)C. The van der Waals surface area contributed by atoms with Gasteiger partial charge in [-0.1, -0.05) is 13.5 Å². The fourth-order valence-corrected chi connectivity index (χ4v) is 0.886. The van der Waals surface area contributed by atoms with Crippen molar-refractivity contribution < 1.29 is 9.53 Å². The Bertz CT molecular complexity index is 182. The van der Waals surface area contributed by atoms with Crippen LogP contribution in [0.4, 0.5) is 0 Å². The normalized spacial score (nSPS) is 13.5. The second-order valence-electron chi connectivity index (χ2n) is 3.93. The second kappa shape index (κ2) is 5.02. The predicted octanol–water partition coefficient (Wildman–Crippen LogP) is 1.84. The Morgan fingerprint density at radius 2 is 2.15 bits per heavy atom. The van der Waals surface area contributed by atoms with Crippen LogP contribution in [0.1, 0.15) is 34.1 Å². The van der Waals surface area contributed by atoms with E-state index in [1.165, 1.54) is 6.08 Å². The number of hydrogen-bond donors (Lipinski definition) is 1. The Balaban J connectivity index is 4.04. The average Bonchev–Trinajstić information content (AvgIpc) is 2.00. The smallest absolute Gasteiger partial charge is 0.331 e. The van der Waals surface area contributed by atoms with Crippen molar-refractivity contribution in [2.75, 3.05) is 0 Å². The van der Waals surface area contributed by atoms with Gasteiger partial charge in [0.1, 0.15) is 0 Å². The lowest BCUT2D eigenvalue weighted by Gasteiger charge is -2.27. The summed E-state index contributed by atoms with van der Waals surface area (Å²) in [7, 11) is 0. The molecule has 1 N–H and O–H groups in total. The Kier molecular flexibility index (Phi) is 4.70. The molecule has 76 valence electrons. The zero-order chi connectivity index (χ0) is 10.5. The highest BCUT2D eigenvalue weighted by atomic mass is 16.6. The van der Waals surface area contributed by atoms with Crippen LogP contribution in [-0.4, -0.2) is 17.7 Å². The fourth-order valence-electron chi connectivity index (χ4n) is 0.886. The third kappa shape index (κ3) is 6.34. The van der Waals surface area contributed by atoms with E-state index in [4.69, 9.17) is 4.74 Å². The molecule has 0 bridgehead atoms. The highest BCUT2D eigenvalue weighted by Gasteiger charge is 2.17. The molecule has 0 aliphatic heterocycles. The maximum atomic E-state index is 10.9. The molecule has 0 radical (unpaired) electrons. The fraction of sp³-hybridized carbons (Fsp3) is 0.700. The Labute approximate surface area is 80.2 Å². The van der Waals surface area contributed by atoms with Crippen molar-refractivity contribution in [2.45, 2.75) is 45.9 Å². The summed E-state index contributed by atoms with van der Waals surface area (Å²) in [5.74, 6) is -0.386. The standard InChI is InChI=1S/C10H19NO2/c1-6-8(11-10(3,4)5)13-9(12)7-2/h7-8,11H,2,6H2,1,3-5H3. The molecule has 1 atom stereocenters. The van der Waals surface area contributed by atoms with E-state index in [9.17, 15) is 4.79 Å². The van der Waals surface area contributed by atoms with Crippen molar-refractivity contribution in [1.29, 1.82) is 0 Å². The first-order valence-electron chi connectivity index (χ1n) is 4.49. The summed E-state index contributed by atoms with van der Waals surface area (Å²) in [6.07, 6.45) is 1.69. The van der Waals surface area contributed by atoms with E-state index in [-0.39, 0.29) is 17.7 Å². The van der Waals surface area contributed by atoms with E-state index in [0.717, 1.165) is 6.42 Å². The number of esters is 1. The predicted molar refractivity (Wildman–Crippen MR) is 53.3 cm³/mol. The summed E-state index contributed by atoms with van der Waals surface area (Å²) in [5, 5.41) is 3.18. The van der Waals surface area contributed by atoms with Gasteiger partial charge in [0.2, 0.25) is 0 Å². The van der Waals surface area contributed by atoms with Crippen LogP contribution in [0.3, 0.4) is 0 Å². The van der Waals surface area contributed by atoms with Gasteiger partial charge in [-0.05, 0) is 27.2 Å². The minimum Gasteiger partial charge on any atom is -0.443 e. The van der Waals surface area contributed by atoms with Crippen LogP contribution in [0.5, 0.6) is 0 Å². The maximum absolute atomic E-state index is 10.9. The first kappa shape index (κ1) is 12.2. The molecule has 13 heavy (non-hydrogen) atoms. The molecule has 0 amide bonds. The molecule has 0 aliphatic rings. The number of nitrogens with one attached hydrogen (secondary N) is 1. The second-order valence-corrected chi connectivity index (χ2v) is 3.93. The third-order valence-corrected chi connectivity index (χ3v) is 1.39. The van der Waals surface area contributed by atoms with Gasteiger partial charge in [-0.15, -0.1) is 0 Å². The molecule has 3 heteroatoms. The van der Waals surface area contributed by atoms with E-state index in [1.807, 2.05) is 27.7 Å². The van der Waals surface area contributed by atoms with Gasteiger partial charge < -0.3 is 4.74 Å². The van der Waals surface area contributed by atoms with Gasteiger partial charge in [-0.25, -0.2) is 4.79 Å². The van der Waals surface area contributed by atoms with Crippen molar-refractivity contribution >= 4 is 5.97 Å². The third-order valence-electron chi connectivity index (χ3n) is 1.39. The number of ether oxygens (including phenoxy) is 1. The van der Waals surface area contributed by atoms with E-state index in [1.54, 1.807) is 0 Å². The monoisotopic (exact) mass is 185 g/mol. The van der Waals surface area contributed by atoms with Crippen molar-refractivity contribution in [2.24, 2.45) is 0 Å². The van der Waals surface area contributed by atoms with Gasteiger partial charge in [0.15, 0.2) is 6.23 Å². The van der Waals surface area contributed by atoms with E-state index >= 15 is 0 Å². The highest BCUT2D eigenvalue weighted by molar-refractivity contribution is 5.81. The molecule has 0 spiro atoms. The van der Waals surface area contributed by atoms with Gasteiger partial charge in [0, 0.05) is 11.6 Å². The van der Waals surface area contributed by atoms with Crippen LogP contribution in [0, 0.1) is 0 Å². The lowest BCUT2D eigenvalue weighted by Crippen LogP contribution is -2.45. The molecule has 0 saturated carbocycles. The largest absolute Gasteiger partial charge is 0.443 e. The van der Waals surface area contributed by atoms with Crippen LogP contribution in [-0.2, 0) is 9.53 Å². The van der Waals surface area contributed by atoms with Gasteiger partial charge in [0.05, 0.1) is 0 Å². The van der Waals surface area contributed by atoms with E-state index < -0.39 is 0 Å². The van der Waals surface area contributed by atoms with E-state index in [2.05, 4.69) is 11.9 Å². The zero-order valence-electron chi connectivity index (χ0n) is 8.89. The minimum atomic E-state index is -0.386. The summed E-state index contributed by atoms with van der Waals surface area (Å²) in [6, 6.07) is 0. The molecule has 0 aliphatic carbocycles. The van der Waals surface area contributed by atoms with Crippen molar-refractivity contribution in [3.63, 3.8) is 0 Å². The number of carbonyl (C=O) groups excluding carboxylic acids is 1. The van der Waals surface area contributed by atoms with Crippen LogP contribution in [0.2, 0.25) is 0 Å². The van der Waals surface area contributed by atoms with E-state index in [0.29, 0.717) is 0 Å². The summed E-state index contributed by atoms with van der Waals surface area (Å²) in [6.45, 7) is 11.4. The van der Waals surface area contributed by atoms with Gasteiger partial charge in [0.25, 0.3) is 0 Å². The first-order chi connectivity index (χ1) is 5.89. The quantitative estimate of drug-likeness (QED) is 0.412. The lowest BCUT2D eigenvalue weighted by molar-refractivity contribution is -0.145.